The molecule has 2 aromatic carbocycles. The summed E-state index contributed by atoms with van der Waals surface area (Å²) in [6.07, 6.45) is 2.56. The zero-order valence-corrected chi connectivity index (χ0v) is 24.2. The summed E-state index contributed by atoms with van der Waals surface area (Å²) in [7, 11) is 0. The van der Waals surface area contributed by atoms with E-state index in [1.54, 1.807) is 18.3 Å². The van der Waals surface area contributed by atoms with Crippen LogP contribution in [0.5, 0.6) is 5.75 Å². The van der Waals surface area contributed by atoms with Gasteiger partial charge in [-0.25, -0.2) is 4.79 Å². The Bertz CT molecular complexity index is 1380. The van der Waals surface area contributed by atoms with Crippen LogP contribution in [0, 0.1) is 0 Å². The number of benzene rings is 2. The summed E-state index contributed by atoms with van der Waals surface area (Å²) < 4.78 is 0. The van der Waals surface area contributed by atoms with Gasteiger partial charge in [-0.1, -0.05) is 30.3 Å². The molecule has 0 spiro atoms. The van der Waals surface area contributed by atoms with Crippen molar-refractivity contribution in [1.29, 1.82) is 0 Å². The lowest BCUT2D eigenvalue weighted by Crippen LogP contribution is -2.60. The smallest absolute Gasteiger partial charge is 0.326 e. The second-order valence-corrected chi connectivity index (χ2v) is 11.0. The van der Waals surface area contributed by atoms with Crippen molar-refractivity contribution in [3.63, 3.8) is 0 Å². The number of carbonyl (C=O) groups is 4. The number of para-hydroxylation sites is 1. The SMILES string of the molecule is CSCCC(NC(=O)C(NC(=O)C(N)Cc1c[nH]c2ccccc12)C(C)O)C(=O)NC(Cc1ccc(O)cc1)C(=O)O. The first-order valence-corrected chi connectivity index (χ1v) is 14.8. The molecule has 0 saturated carbocycles. The third kappa shape index (κ3) is 8.96. The molecule has 1 heterocycles. The fourth-order valence-corrected chi connectivity index (χ4v) is 4.87. The number of thioether (sulfide) groups is 1. The fraction of sp³-hybridized carbons (Fsp3) is 0.379. The van der Waals surface area contributed by atoms with Gasteiger partial charge in [0.25, 0.3) is 0 Å². The molecule has 0 saturated heterocycles. The van der Waals surface area contributed by atoms with Gasteiger partial charge in [-0.3, -0.25) is 14.4 Å². The molecule has 3 amide bonds. The summed E-state index contributed by atoms with van der Waals surface area (Å²) in [5.74, 6) is -2.99. The van der Waals surface area contributed by atoms with Gasteiger partial charge in [0, 0.05) is 23.5 Å². The zero-order chi connectivity index (χ0) is 30.8. The van der Waals surface area contributed by atoms with E-state index in [9.17, 15) is 34.5 Å². The van der Waals surface area contributed by atoms with Gasteiger partial charge in [0.05, 0.1) is 12.1 Å². The van der Waals surface area contributed by atoms with Gasteiger partial charge in [0.2, 0.25) is 17.7 Å². The minimum absolute atomic E-state index is 0.0215. The maximum atomic E-state index is 13.2. The van der Waals surface area contributed by atoms with Crippen molar-refractivity contribution >= 4 is 46.4 Å². The van der Waals surface area contributed by atoms with E-state index in [1.165, 1.54) is 30.8 Å². The topological polar surface area (TPSA) is 207 Å². The molecule has 0 fully saturated rings. The third-order valence-corrected chi connectivity index (χ3v) is 7.39. The van der Waals surface area contributed by atoms with E-state index in [0.29, 0.717) is 11.3 Å². The molecule has 12 nitrogen and oxygen atoms in total. The largest absolute Gasteiger partial charge is 0.508 e. The second kappa shape index (κ2) is 15.2. The Labute approximate surface area is 247 Å². The van der Waals surface area contributed by atoms with Crippen molar-refractivity contribution in [1.82, 2.24) is 20.9 Å². The number of fused-ring (bicyclic) bond motifs is 1. The number of carbonyl (C=O) groups excluding carboxylic acids is 3. The van der Waals surface area contributed by atoms with Crippen LogP contribution in [0.15, 0.2) is 54.7 Å². The van der Waals surface area contributed by atoms with E-state index in [-0.39, 0.29) is 25.0 Å². The molecule has 5 unspecified atom stereocenters. The van der Waals surface area contributed by atoms with Crippen LogP contribution >= 0.6 is 11.8 Å². The average Bonchev–Trinajstić information content (AvgIpc) is 3.36. The number of H-pyrrole nitrogens is 1. The van der Waals surface area contributed by atoms with Gasteiger partial charge in [0.15, 0.2) is 0 Å². The molecule has 0 aliphatic heterocycles. The number of phenolic OH excluding ortho intramolecular Hbond substituents is 1. The number of rotatable bonds is 15. The molecular formula is C29H37N5O7S. The molecule has 3 aromatic rings. The number of carboxylic acids is 1. The van der Waals surface area contributed by atoms with Crippen LogP contribution in [0.2, 0.25) is 0 Å². The quantitative estimate of drug-likeness (QED) is 0.123. The molecule has 42 heavy (non-hydrogen) atoms. The molecule has 0 bridgehead atoms. The highest BCUT2D eigenvalue weighted by molar-refractivity contribution is 7.98. The molecule has 0 aliphatic carbocycles. The number of aromatic hydroxyl groups is 1. The van der Waals surface area contributed by atoms with Crippen LogP contribution in [0.4, 0.5) is 0 Å². The van der Waals surface area contributed by atoms with Crippen LogP contribution in [-0.4, -0.2) is 86.3 Å². The van der Waals surface area contributed by atoms with Crippen molar-refractivity contribution in [2.24, 2.45) is 5.73 Å². The minimum atomic E-state index is -1.41. The highest BCUT2D eigenvalue weighted by Crippen LogP contribution is 2.19. The van der Waals surface area contributed by atoms with Crippen LogP contribution < -0.4 is 21.7 Å². The first-order valence-electron chi connectivity index (χ1n) is 13.4. The van der Waals surface area contributed by atoms with E-state index in [0.717, 1.165) is 16.5 Å². The average molecular weight is 600 g/mol. The van der Waals surface area contributed by atoms with Crippen LogP contribution in [0.3, 0.4) is 0 Å². The first kappa shape index (κ1) is 32.4. The Morgan fingerprint density at radius 1 is 0.929 bits per heavy atom. The number of hydrogen-bond donors (Lipinski definition) is 8. The van der Waals surface area contributed by atoms with Crippen molar-refractivity contribution in [3.8, 4) is 5.75 Å². The number of amides is 3. The predicted molar refractivity (Wildman–Crippen MR) is 160 cm³/mol. The number of aliphatic carboxylic acids is 1. The number of carboxylic acid groups (broad SMARTS) is 1. The summed E-state index contributed by atoms with van der Waals surface area (Å²) in [4.78, 5) is 54.3. The van der Waals surface area contributed by atoms with E-state index < -0.39 is 54.0 Å². The predicted octanol–water partition coefficient (Wildman–Crippen LogP) is 0.659. The van der Waals surface area contributed by atoms with Gasteiger partial charge >= 0.3 is 5.97 Å². The minimum Gasteiger partial charge on any atom is -0.508 e. The lowest BCUT2D eigenvalue weighted by Gasteiger charge is -2.26. The maximum absolute atomic E-state index is 13.2. The Hall–Kier alpha value is -4.07. The van der Waals surface area contributed by atoms with Crippen LogP contribution in [-0.2, 0) is 32.0 Å². The van der Waals surface area contributed by atoms with E-state index in [2.05, 4.69) is 20.9 Å². The lowest BCUT2D eigenvalue weighted by molar-refractivity contribution is -0.142. The van der Waals surface area contributed by atoms with Gasteiger partial charge in [-0.2, -0.15) is 11.8 Å². The van der Waals surface area contributed by atoms with Crippen molar-refractivity contribution in [2.75, 3.05) is 12.0 Å². The number of nitrogens with two attached hydrogens (primary N) is 1. The highest BCUT2D eigenvalue weighted by Gasteiger charge is 2.32. The molecule has 9 N–H and O–H groups in total. The molecule has 1 aromatic heterocycles. The van der Waals surface area contributed by atoms with Crippen LogP contribution in [0.1, 0.15) is 24.5 Å². The second-order valence-electron chi connectivity index (χ2n) is 10.0. The molecule has 226 valence electrons. The number of aromatic amines is 1. The number of hydrogen-bond acceptors (Lipinski definition) is 8. The Kier molecular flexibility index (Phi) is 11.8. The van der Waals surface area contributed by atoms with Gasteiger partial charge in [-0.15, -0.1) is 0 Å². The Morgan fingerprint density at radius 3 is 2.24 bits per heavy atom. The number of phenols is 1. The van der Waals surface area contributed by atoms with Crippen molar-refractivity contribution < 1.29 is 34.5 Å². The summed E-state index contributed by atoms with van der Waals surface area (Å²) in [5.41, 5.74) is 8.43. The number of aliphatic hydroxyl groups excluding tert-OH is 1. The van der Waals surface area contributed by atoms with Gasteiger partial charge < -0.3 is 42.0 Å². The molecule has 3 rings (SSSR count). The summed E-state index contributed by atoms with van der Waals surface area (Å²) >= 11 is 1.43. The molecule has 0 radical (unpaired) electrons. The normalized spacial score (nSPS) is 14.8. The van der Waals surface area contributed by atoms with E-state index in [4.69, 9.17) is 5.73 Å². The van der Waals surface area contributed by atoms with E-state index in [1.807, 2.05) is 30.5 Å². The van der Waals surface area contributed by atoms with E-state index >= 15 is 0 Å². The number of aromatic nitrogens is 1. The van der Waals surface area contributed by atoms with Gasteiger partial charge in [0.1, 0.15) is 23.9 Å². The lowest BCUT2D eigenvalue weighted by atomic mass is 10.0. The van der Waals surface area contributed by atoms with Crippen molar-refractivity contribution in [2.45, 2.75) is 56.5 Å². The van der Waals surface area contributed by atoms with Crippen LogP contribution in [0.25, 0.3) is 10.9 Å². The Balaban J connectivity index is 1.67. The molecule has 13 heteroatoms. The molecule has 5 atom stereocenters. The monoisotopic (exact) mass is 599 g/mol. The summed E-state index contributed by atoms with van der Waals surface area (Å²) in [5, 5.41) is 37.9. The zero-order valence-electron chi connectivity index (χ0n) is 23.4. The summed E-state index contributed by atoms with van der Waals surface area (Å²) in [6, 6.07) is 8.59. The standard InChI is InChI=1S/C29H37N5O7S/c1-16(35)25(34-26(37)21(30)14-18-15-31-22-6-4-3-5-20(18)22)28(39)32-23(11-12-42-2)27(38)33-24(29(40)41)13-17-7-9-19(36)10-8-17/h3-10,15-16,21,23-25,31,35-36H,11-14,30H2,1-2H3,(H,32,39)(H,33,38)(H,34,37)(H,40,41). The first-order chi connectivity index (χ1) is 20.0. The summed E-state index contributed by atoms with van der Waals surface area (Å²) in [6.45, 7) is 1.32. The molecular weight excluding hydrogens is 562 g/mol. The number of nitrogens with one attached hydrogen (secondary N) is 4. The maximum Gasteiger partial charge on any atom is 0.326 e. The highest BCUT2D eigenvalue weighted by atomic mass is 32.2. The van der Waals surface area contributed by atoms with Gasteiger partial charge in [-0.05, 0) is 61.1 Å². The van der Waals surface area contributed by atoms with Crippen molar-refractivity contribution in [3.05, 3.63) is 65.9 Å². The third-order valence-electron chi connectivity index (χ3n) is 6.75. The molecule has 0 aliphatic rings. The fourth-order valence-electron chi connectivity index (χ4n) is 4.40. The number of aliphatic hydroxyl groups is 1. The Morgan fingerprint density at radius 2 is 1.60 bits per heavy atom.